The Kier molecular flexibility index (Phi) is 4.29. The van der Waals surface area contributed by atoms with E-state index in [1.165, 1.54) is 10.9 Å². The molecular formula is C19H25N3O2. The third-order valence-electron chi connectivity index (χ3n) is 5.21. The smallest absolute Gasteiger partial charge is 0.237 e. The molecule has 1 amide bonds. The molecule has 0 radical (unpaired) electrons. The minimum Gasteiger partial charge on any atom is -0.464 e. The van der Waals surface area contributed by atoms with Gasteiger partial charge in [-0.05, 0) is 25.8 Å². The van der Waals surface area contributed by atoms with E-state index in [0.717, 1.165) is 51.1 Å². The van der Waals surface area contributed by atoms with Crippen LogP contribution >= 0.6 is 0 Å². The van der Waals surface area contributed by atoms with E-state index >= 15 is 0 Å². The minimum atomic E-state index is -0.0255. The monoisotopic (exact) mass is 327 g/mol. The van der Waals surface area contributed by atoms with Crippen LogP contribution in [0.15, 0.2) is 34.9 Å². The number of piperazine rings is 1. The van der Waals surface area contributed by atoms with Gasteiger partial charge in [-0.2, -0.15) is 0 Å². The van der Waals surface area contributed by atoms with Gasteiger partial charge in [-0.3, -0.25) is 14.6 Å². The van der Waals surface area contributed by atoms with Gasteiger partial charge in [-0.1, -0.05) is 18.2 Å². The molecule has 1 aliphatic heterocycles. The first-order valence-corrected chi connectivity index (χ1v) is 8.92. The molecule has 1 saturated heterocycles. The maximum atomic E-state index is 12.2. The number of furan rings is 1. The van der Waals surface area contributed by atoms with Crippen molar-refractivity contribution in [1.82, 2.24) is 15.1 Å². The van der Waals surface area contributed by atoms with Crippen LogP contribution in [0.5, 0.6) is 0 Å². The Morgan fingerprint density at radius 3 is 2.75 bits per heavy atom. The topological polar surface area (TPSA) is 48.7 Å². The number of hydrogen-bond donors (Lipinski definition) is 1. The SMILES string of the molecule is CC(C(=O)NC1CC1)N1CCN(Cc2coc3ccccc23)CC1. The first-order chi connectivity index (χ1) is 11.7. The zero-order valence-electron chi connectivity index (χ0n) is 14.2. The number of amides is 1. The number of para-hydroxylation sites is 1. The molecule has 1 aliphatic carbocycles. The zero-order chi connectivity index (χ0) is 16.5. The highest BCUT2D eigenvalue weighted by atomic mass is 16.3. The molecule has 2 aliphatic rings. The van der Waals surface area contributed by atoms with Crippen molar-refractivity contribution in [3.63, 3.8) is 0 Å². The first-order valence-electron chi connectivity index (χ1n) is 8.92. The third kappa shape index (κ3) is 3.32. The lowest BCUT2D eigenvalue weighted by molar-refractivity contribution is -0.126. The Morgan fingerprint density at radius 2 is 2.00 bits per heavy atom. The fraction of sp³-hybridized carbons (Fsp3) is 0.526. The van der Waals surface area contributed by atoms with Crippen molar-refractivity contribution < 1.29 is 9.21 Å². The molecular weight excluding hydrogens is 302 g/mol. The number of hydrogen-bond acceptors (Lipinski definition) is 4. The zero-order valence-corrected chi connectivity index (χ0v) is 14.2. The van der Waals surface area contributed by atoms with Crippen molar-refractivity contribution in [2.45, 2.75) is 38.4 Å². The van der Waals surface area contributed by atoms with E-state index in [-0.39, 0.29) is 11.9 Å². The molecule has 1 saturated carbocycles. The van der Waals surface area contributed by atoms with Crippen molar-refractivity contribution in [2.75, 3.05) is 26.2 Å². The molecule has 5 nitrogen and oxygen atoms in total. The van der Waals surface area contributed by atoms with Gasteiger partial charge in [0.1, 0.15) is 5.58 Å². The summed E-state index contributed by atoms with van der Waals surface area (Å²) in [7, 11) is 0. The lowest BCUT2D eigenvalue weighted by Gasteiger charge is -2.37. The van der Waals surface area contributed by atoms with Gasteiger partial charge < -0.3 is 9.73 Å². The maximum absolute atomic E-state index is 12.2. The molecule has 1 atom stereocenters. The van der Waals surface area contributed by atoms with Gasteiger partial charge in [0, 0.05) is 49.7 Å². The number of nitrogens with zero attached hydrogens (tertiary/aromatic N) is 2. The second kappa shape index (κ2) is 6.57. The van der Waals surface area contributed by atoms with E-state index in [4.69, 9.17) is 4.42 Å². The normalized spacial score (nSPS) is 21.0. The largest absolute Gasteiger partial charge is 0.464 e. The van der Waals surface area contributed by atoms with E-state index in [1.54, 1.807) is 0 Å². The summed E-state index contributed by atoms with van der Waals surface area (Å²) in [6.07, 6.45) is 4.17. The van der Waals surface area contributed by atoms with E-state index in [2.05, 4.69) is 27.2 Å². The van der Waals surface area contributed by atoms with Crippen molar-refractivity contribution in [2.24, 2.45) is 0 Å². The van der Waals surface area contributed by atoms with Gasteiger partial charge in [0.2, 0.25) is 5.91 Å². The van der Waals surface area contributed by atoms with E-state index < -0.39 is 0 Å². The summed E-state index contributed by atoms with van der Waals surface area (Å²) in [6.45, 7) is 6.79. The Morgan fingerprint density at radius 1 is 1.25 bits per heavy atom. The number of fused-ring (bicyclic) bond motifs is 1. The van der Waals surface area contributed by atoms with Crippen LogP contribution in [0.4, 0.5) is 0 Å². The average Bonchev–Trinajstić information content (AvgIpc) is 3.34. The Balaban J connectivity index is 1.31. The number of carbonyl (C=O) groups is 1. The van der Waals surface area contributed by atoms with Gasteiger partial charge >= 0.3 is 0 Å². The summed E-state index contributed by atoms with van der Waals surface area (Å²) in [6, 6.07) is 8.60. The molecule has 1 aromatic heterocycles. The number of benzene rings is 1. The van der Waals surface area contributed by atoms with Gasteiger partial charge in [0.15, 0.2) is 0 Å². The van der Waals surface area contributed by atoms with Crippen LogP contribution in [0.25, 0.3) is 11.0 Å². The Bertz CT molecular complexity index is 714. The average molecular weight is 327 g/mol. The molecule has 2 fully saturated rings. The molecule has 24 heavy (non-hydrogen) atoms. The standard InChI is InChI=1S/C19H25N3O2/c1-14(19(23)20-16-6-7-16)22-10-8-21(9-11-22)12-15-13-24-18-5-3-2-4-17(15)18/h2-5,13-14,16H,6-12H2,1H3,(H,20,23). The van der Waals surface area contributed by atoms with E-state index in [9.17, 15) is 4.79 Å². The van der Waals surface area contributed by atoms with E-state index in [1.807, 2.05) is 25.3 Å². The predicted octanol–water partition coefficient (Wildman–Crippen LogP) is 2.22. The molecule has 2 heterocycles. The quantitative estimate of drug-likeness (QED) is 0.915. The summed E-state index contributed by atoms with van der Waals surface area (Å²) >= 11 is 0. The molecule has 4 rings (SSSR count). The highest BCUT2D eigenvalue weighted by Crippen LogP contribution is 2.23. The summed E-state index contributed by atoms with van der Waals surface area (Å²) in [5, 5.41) is 4.32. The summed E-state index contributed by atoms with van der Waals surface area (Å²) in [5.41, 5.74) is 2.20. The van der Waals surface area contributed by atoms with Crippen molar-refractivity contribution in [3.8, 4) is 0 Å². The molecule has 128 valence electrons. The highest BCUT2D eigenvalue weighted by molar-refractivity contribution is 5.82. The number of nitrogens with one attached hydrogen (secondary N) is 1. The van der Waals surface area contributed by atoms with Crippen molar-refractivity contribution >= 4 is 16.9 Å². The van der Waals surface area contributed by atoms with Gasteiger partial charge in [0.25, 0.3) is 0 Å². The van der Waals surface area contributed by atoms with Gasteiger partial charge in [0.05, 0.1) is 12.3 Å². The van der Waals surface area contributed by atoms with Crippen LogP contribution in [0.1, 0.15) is 25.3 Å². The van der Waals surface area contributed by atoms with Crippen LogP contribution in [0, 0.1) is 0 Å². The minimum absolute atomic E-state index is 0.0255. The highest BCUT2D eigenvalue weighted by Gasteiger charge is 2.30. The van der Waals surface area contributed by atoms with Crippen LogP contribution in [0.2, 0.25) is 0 Å². The second-order valence-corrected chi connectivity index (χ2v) is 7.03. The molecule has 1 N–H and O–H groups in total. The summed E-state index contributed by atoms with van der Waals surface area (Å²) < 4.78 is 5.63. The van der Waals surface area contributed by atoms with Gasteiger partial charge in [-0.25, -0.2) is 0 Å². The molecule has 1 unspecified atom stereocenters. The number of rotatable bonds is 5. The van der Waals surface area contributed by atoms with Crippen LogP contribution in [-0.2, 0) is 11.3 Å². The molecule has 5 heteroatoms. The fourth-order valence-corrected chi connectivity index (χ4v) is 3.42. The van der Waals surface area contributed by atoms with Crippen molar-refractivity contribution in [3.05, 3.63) is 36.1 Å². The maximum Gasteiger partial charge on any atom is 0.237 e. The van der Waals surface area contributed by atoms with Crippen LogP contribution in [0.3, 0.4) is 0 Å². The lowest BCUT2D eigenvalue weighted by Crippen LogP contribution is -2.53. The Labute approximate surface area is 142 Å². The molecule has 0 bridgehead atoms. The number of carbonyl (C=O) groups excluding carboxylic acids is 1. The molecule has 0 spiro atoms. The Hall–Kier alpha value is -1.85. The third-order valence-corrected chi connectivity index (χ3v) is 5.21. The second-order valence-electron chi connectivity index (χ2n) is 7.03. The van der Waals surface area contributed by atoms with Gasteiger partial charge in [-0.15, -0.1) is 0 Å². The van der Waals surface area contributed by atoms with Crippen LogP contribution < -0.4 is 5.32 Å². The van der Waals surface area contributed by atoms with Crippen molar-refractivity contribution in [1.29, 1.82) is 0 Å². The summed E-state index contributed by atoms with van der Waals surface area (Å²) in [4.78, 5) is 16.9. The predicted molar refractivity (Wildman–Crippen MR) is 93.7 cm³/mol. The fourth-order valence-electron chi connectivity index (χ4n) is 3.42. The lowest BCUT2D eigenvalue weighted by atomic mass is 10.1. The molecule has 1 aromatic carbocycles. The van der Waals surface area contributed by atoms with E-state index in [0.29, 0.717) is 6.04 Å². The first kappa shape index (κ1) is 15.7. The van der Waals surface area contributed by atoms with Crippen LogP contribution in [-0.4, -0.2) is 54.0 Å². The summed E-state index contributed by atoms with van der Waals surface area (Å²) in [5.74, 6) is 0.187. The molecule has 2 aromatic rings.